The first-order valence-corrected chi connectivity index (χ1v) is 7.55. The summed E-state index contributed by atoms with van der Waals surface area (Å²) in [5, 5.41) is 8.60. The lowest BCUT2D eigenvalue weighted by molar-refractivity contribution is 0.0393. The van der Waals surface area contributed by atoms with E-state index in [0.29, 0.717) is 19.8 Å². The molecule has 1 saturated heterocycles. The summed E-state index contributed by atoms with van der Waals surface area (Å²) in [6, 6.07) is 8.36. The largest absolute Gasteiger partial charge is 0.378 e. The molecule has 1 aromatic carbocycles. The van der Waals surface area contributed by atoms with Crippen molar-refractivity contribution in [3.63, 3.8) is 0 Å². The van der Waals surface area contributed by atoms with Gasteiger partial charge in [0, 0.05) is 12.6 Å². The van der Waals surface area contributed by atoms with Crippen LogP contribution in [0.4, 0.5) is 0 Å². The Balaban J connectivity index is 2.26. The molecule has 2 rings (SSSR count). The molecule has 0 aromatic heterocycles. The first-order chi connectivity index (χ1) is 9.05. The van der Waals surface area contributed by atoms with Gasteiger partial charge in [0.15, 0.2) is 0 Å². The number of sulfonamides is 1. The molecule has 0 saturated carbocycles. The van der Waals surface area contributed by atoms with Crippen molar-refractivity contribution in [3.8, 4) is 6.07 Å². The van der Waals surface area contributed by atoms with Crippen LogP contribution in [0.25, 0.3) is 0 Å². The Morgan fingerprint density at radius 1 is 1.42 bits per heavy atom. The second-order valence-electron chi connectivity index (χ2n) is 4.52. The van der Waals surface area contributed by atoms with Gasteiger partial charge in [0.25, 0.3) is 0 Å². The maximum atomic E-state index is 12.5. The zero-order chi connectivity index (χ0) is 13.9. The van der Waals surface area contributed by atoms with Gasteiger partial charge in [-0.2, -0.15) is 9.57 Å². The van der Waals surface area contributed by atoms with E-state index < -0.39 is 10.0 Å². The fourth-order valence-electron chi connectivity index (χ4n) is 2.07. The highest BCUT2D eigenvalue weighted by Crippen LogP contribution is 2.20. The zero-order valence-corrected chi connectivity index (χ0v) is 11.6. The summed E-state index contributed by atoms with van der Waals surface area (Å²) in [5.41, 5.74) is 0.816. The Morgan fingerprint density at radius 3 is 2.68 bits per heavy atom. The average molecular weight is 280 g/mol. The molecular formula is C13H16N2O3S. The molecule has 0 spiro atoms. The van der Waals surface area contributed by atoms with Crippen molar-refractivity contribution in [3.05, 3.63) is 29.8 Å². The van der Waals surface area contributed by atoms with Crippen LogP contribution >= 0.6 is 0 Å². The normalized spacial score (nSPS) is 20.9. The summed E-state index contributed by atoms with van der Waals surface area (Å²) in [6.45, 7) is 3.06. The number of nitriles is 1. The summed E-state index contributed by atoms with van der Waals surface area (Å²) in [6.07, 6.45) is 0.286. The summed E-state index contributed by atoms with van der Waals surface area (Å²) in [5.74, 6) is 0. The summed E-state index contributed by atoms with van der Waals surface area (Å²) in [4.78, 5) is 0.267. The van der Waals surface area contributed by atoms with Gasteiger partial charge < -0.3 is 4.74 Å². The molecule has 0 aliphatic carbocycles. The lowest BCUT2D eigenvalue weighted by atomic mass is 10.2. The molecule has 5 nitrogen and oxygen atoms in total. The Morgan fingerprint density at radius 2 is 2.11 bits per heavy atom. The Hall–Kier alpha value is -1.42. The van der Waals surface area contributed by atoms with Gasteiger partial charge >= 0.3 is 0 Å². The molecule has 0 bridgehead atoms. The maximum absolute atomic E-state index is 12.5. The van der Waals surface area contributed by atoms with E-state index in [1.165, 1.54) is 4.31 Å². The highest BCUT2D eigenvalue weighted by molar-refractivity contribution is 7.89. The van der Waals surface area contributed by atoms with Gasteiger partial charge in [0.05, 0.1) is 30.6 Å². The predicted molar refractivity (Wildman–Crippen MR) is 69.9 cm³/mol. The summed E-state index contributed by atoms with van der Waals surface area (Å²) < 4.78 is 31.7. The number of hydrogen-bond donors (Lipinski definition) is 0. The fraction of sp³-hybridized carbons (Fsp3) is 0.462. The first-order valence-electron chi connectivity index (χ1n) is 6.11. The topological polar surface area (TPSA) is 70.4 Å². The molecule has 1 heterocycles. The Bertz CT molecular complexity index is 575. The van der Waals surface area contributed by atoms with Crippen LogP contribution in [-0.4, -0.2) is 38.5 Å². The average Bonchev–Trinajstić information content (AvgIpc) is 2.40. The highest BCUT2D eigenvalue weighted by Gasteiger charge is 2.31. The summed E-state index contributed by atoms with van der Waals surface area (Å²) >= 11 is 0. The summed E-state index contributed by atoms with van der Waals surface area (Å²) in [7, 11) is -3.47. The number of benzene rings is 1. The number of rotatable bonds is 3. The molecule has 102 valence electrons. The van der Waals surface area contributed by atoms with Crippen LogP contribution in [0.1, 0.15) is 12.5 Å². The van der Waals surface area contributed by atoms with Crippen LogP contribution in [0.2, 0.25) is 0 Å². The lowest BCUT2D eigenvalue weighted by Crippen LogP contribution is -2.46. The molecule has 19 heavy (non-hydrogen) atoms. The third-order valence-electron chi connectivity index (χ3n) is 3.12. The maximum Gasteiger partial charge on any atom is 0.243 e. The van der Waals surface area contributed by atoms with Gasteiger partial charge in [-0.15, -0.1) is 0 Å². The fourth-order valence-corrected chi connectivity index (χ4v) is 3.68. The number of ether oxygens (including phenoxy) is 1. The molecular weight excluding hydrogens is 264 g/mol. The van der Waals surface area contributed by atoms with Crippen molar-refractivity contribution >= 4 is 10.0 Å². The van der Waals surface area contributed by atoms with Gasteiger partial charge in [-0.05, 0) is 24.6 Å². The van der Waals surface area contributed by atoms with Crippen molar-refractivity contribution in [2.75, 3.05) is 19.8 Å². The van der Waals surface area contributed by atoms with Crippen LogP contribution < -0.4 is 0 Å². The van der Waals surface area contributed by atoms with E-state index in [1.807, 2.05) is 13.0 Å². The molecule has 1 aliphatic heterocycles. The van der Waals surface area contributed by atoms with Crippen LogP contribution in [0.15, 0.2) is 29.2 Å². The number of hydrogen-bond acceptors (Lipinski definition) is 4. The van der Waals surface area contributed by atoms with E-state index in [9.17, 15) is 8.42 Å². The van der Waals surface area contributed by atoms with E-state index in [4.69, 9.17) is 10.00 Å². The molecule has 1 aliphatic rings. The van der Waals surface area contributed by atoms with Gasteiger partial charge in [0.2, 0.25) is 10.0 Å². The first kappa shape index (κ1) is 14.0. The minimum absolute atomic E-state index is 0.155. The Labute approximate surface area is 113 Å². The second kappa shape index (κ2) is 5.70. The smallest absolute Gasteiger partial charge is 0.243 e. The van der Waals surface area contributed by atoms with E-state index in [2.05, 4.69) is 0 Å². The van der Waals surface area contributed by atoms with E-state index in [-0.39, 0.29) is 17.4 Å². The van der Waals surface area contributed by atoms with Crippen molar-refractivity contribution in [2.45, 2.75) is 24.3 Å². The van der Waals surface area contributed by atoms with Gasteiger partial charge in [-0.25, -0.2) is 8.42 Å². The van der Waals surface area contributed by atoms with Crippen molar-refractivity contribution in [2.24, 2.45) is 0 Å². The molecule has 0 N–H and O–H groups in total. The monoisotopic (exact) mass is 280 g/mol. The van der Waals surface area contributed by atoms with Crippen LogP contribution in [-0.2, 0) is 21.2 Å². The van der Waals surface area contributed by atoms with Gasteiger partial charge in [0.1, 0.15) is 0 Å². The van der Waals surface area contributed by atoms with Crippen molar-refractivity contribution in [1.29, 1.82) is 5.26 Å². The molecule has 1 aromatic rings. The Kier molecular flexibility index (Phi) is 4.20. The zero-order valence-electron chi connectivity index (χ0n) is 10.7. The van der Waals surface area contributed by atoms with Crippen LogP contribution in [0.3, 0.4) is 0 Å². The standard InChI is InChI=1S/C13H16N2O3S/c1-11-10-18-9-8-15(11)19(16,17)13-4-2-12(3-5-13)6-7-14/h2-5,11H,6,8-10H2,1H3. The van der Waals surface area contributed by atoms with Crippen LogP contribution in [0, 0.1) is 11.3 Å². The molecule has 1 fully saturated rings. The van der Waals surface area contributed by atoms with Crippen molar-refractivity contribution < 1.29 is 13.2 Å². The number of morpholine rings is 1. The quantitative estimate of drug-likeness (QED) is 0.833. The molecule has 0 radical (unpaired) electrons. The number of nitrogens with zero attached hydrogens (tertiary/aromatic N) is 2. The van der Waals surface area contributed by atoms with E-state index >= 15 is 0 Å². The van der Waals surface area contributed by atoms with E-state index in [1.54, 1.807) is 24.3 Å². The molecule has 1 atom stereocenters. The van der Waals surface area contributed by atoms with Crippen LogP contribution in [0.5, 0.6) is 0 Å². The van der Waals surface area contributed by atoms with E-state index in [0.717, 1.165) is 5.56 Å². The second-order valence-corrected chi connectivity index (χ2v) is 6.41. The van der Waals surface area contributed by atoms with Gasteiger partial charge in [-0.1, -0.05) is 12.1 Å². The molecule has 0 amide bonds. The third kappa shape index (κ3) is 2.95. The molecule has 1 unspecified atom stereocenters. The van der Waals surface area contributed by atoms with Crippen molar-refractivity contribution in [1.82, 2.24) is 4.31 Å². The van der Waals surface area contributed by atoms with Gasteiger partial charge in [-0.3, -0.25) is 0 Å². The SMILES string of the molecule is CC1COCCN1S(=O)(=O)c1ccc(CC#N)cc1. The third-order valence-corrected chi connectivity index (χ3v) is 5.15. The predicted octanol–water partition coefficient (Wildman–Crippen LogP) is 1.16. The minimum Gasteiger partial charge on any atom is -0.378 e. The molecule has 6 heteroatoms. The lowest BCUT2D eigenvalue weighted by Gasteiger charge is -2.32. The highest BCUT2D eigenvalue weighted by atomic mass is 32.2. The minimum atomic E-state index is -3.47.